The van der Waals surface area contributed by atoms with Crippen molar-refractivity contribution in [1.29, 1.82) is 0 Å². The fraction of sp³-hybridized carbons (Fsp3) is 0.211. The zero-order valence-electron chi connectivity index (χ0n) is 12.8. The number of carbonyl (C=O) groups excluding carboxylic acids is 1. The molecular formula is C19H20O3. The zero-order chi connectivity index (χ0) is 15.9. The lowest BCUT2D eigenvalue weighted by Crippen LogP contribution is -2.14. The quantitative estimate of drug-likeness (QED) is 0.676. The summed E-state index contributed by atoms with van der Waals surface area (Å²) in [5.41, 5.74) is 2.88. The van der Waals surface area contributed by atoms with Crippen LogP contribution in [0, 0.1) is 6.92 Å². The van der Waals surface area contributed by atoms with Gasteiger partial charge < -0.3 is 9.84 Å². The van der Waals surface area contributed by atoms with Gasteiger partial charge in [0.2, 0.25) is 0 Å². The molecule has 114 valence electrons. The summed E-state index contributed by atoms with van der Waals surface area (Å²) < 4.78 is 5.08. The highest BCUT2D eigenvalue weighted by atomic mass is 16.5. The van der Waals surface area contributed by atoms with Crippen molar-refractivity contribution >= 4 is 12.0 Å². The Bertz CT molecular complexity index is 642. The van der Waals surface area contributed by atoms with Crippen molar-refractivity contribution < 1.29 is 14.6 Å². The maximum absolute atomic E-state index is 12.2. The third kappa shape index (κ3) is 4.06. The van der Waals surface area contributed by atoms with E-state index in [4.69, 9.17) is 4.74 Å². The molecule has 0 radical (unpaired) electrons. The molecule has 0 aromatic heterocycles. The molecule has 3 nitrogen and oxygen atoms in total. The van der Waals surface area contributed by atoms with Crippen molar-refractivity contribution in [3.8, 4) is 0 Å². The summed E-state index contributed by atoms with van der Waals surface area (Å²) in [4.78, 5) is 12.2. The van der Waals surface area contributed by atoms with E-state index in [-0.39, 0.29) is 12.2 Å². The van der Waals surface area contributed by atoms with Crippen molar-refractivity contribution in [2.24, 2.45) is 0 Å². The van der Waals surface area contributed by atoms with Crippen LogP contribution in [0.3, 0.4) is 0 Å². The first-order valence-electron chi connectivity index (χ1n) is 7.30. The topological polar surface area (TPSA) is 46.5 Å². The molecule has 1 atom stereocenters. The number of rotatable bonds is 5. The second-order valence-electron chi connectivity index (χ2n) is 5.04. The summed E-state index contributed by atoms with van der Waals surface area (Å²) in [6, 6.07) is 16.8. The van der Waals surface area contributed by atoms with Crippen molar-refractivity contribution in [2.75, 3.05) is 6.61 Å². The molecule has 0 saturated carbocycles. The second-order valence-corrected chi connectivity index (χ2v) is 5.04. The number of benzene rings is 2. The van der Waals surface area contributed by atoms with Crippen LogP contribution in [0.5, 0.6) is 0 Å². The molecule has 0 aliphatic rings. The van der Waals surface area contributed by atoms with Gasteiger partial charge in [-0.25, -0.2) is 4.79 Å². The van der Waals surface area contributed by atoms with E-state index in [1.54, 1.807) is 25.1 Å². The van der Waals surface area contributed by atoms with E-state index in [1.165, 1.54) is 0 Å². The third-order valence-electron chi connectivity index (χ3n) is 3.32. The van der Waals surface area contributed by atoms with Gasteiger partial charge in [0.25, 0.3) is 0 Å². The molecule has 2 aromatic carbocycles. The van der Waals surface area contributed by atoms with Crippen LogP contribution in [0.25, 0.3) is 6.08 Å². The maximum Gasteiger partial charge on any atom is 0.337 e. The molecule has 3 heteroatoms. The van der Waals surface area contributed by atoms with Crippen LogP contribution in [-0.4, -0.2) is 17.7 Å². The Morgan fingerprint density at radius 3 is 2.36 bits per heavy atom. The highest BCUT2D eigenvalue weighted by molar-refractivity contribution is 5.95. The van der Waals surface area contributed by atoms with E-state index in [1.807, 2.05) is 49.4 Å². The Morgan fingerprint density at radius 2 is 1.77 bits per heavy atom. The summed E-state index contributed by atoms with van der Waals surface area (Å²) in [7, 11) is 0. The fourth-order valence-corrected chi connectivity index (χ4v) is 2.12. The van der Waals surface area contributed by atoms with Gasteiger partial charge in [-0.1, -0.05) is 60.2 Å². The highest BCUT2D eigenvalue weighted by Gasteiger charge is 2.21. The fourth-order valence-electron chi connectivity index (χ4n) is 2.12. The molecule has 2 aromatic rings. The predicted molar refractivity (Wildman–Crippen MR) is 87.2 cm³/mol. The van der Waals surface area contributed by atoms with Gasteiger partial charge in [0.1, 0.15) is 6.10 Å². The first-order valence-corrected chi connectivity index (χ1v) is 7.30. The van der Waals surface area contributed by atoms with Gasteiger partial charge >= 0.3 is 5.97 Å². The van der Waals surface area contributed by atoms with Gasteiger partial charge in [-0.05, 0) is 31.1 Å². The van der Waals surface area contributed by atoms with Crippen LogP contribution in [-0.2, 0) is 9.53 Å². The Hall–Kier alpha value is -2.39. The number of hydrogen-bond donors (Lipinski definition) is 1. The molecule has 0 amide bonds. The number of hydrogen-bond acceptors (Lipinski definition) is 3. The Kier molecular flexibility index (Phi) is 5.50. The van der Waals surface area contributed by atoms with Crippen LogP contribution in [0.1, 0.15) is 29.7 Å². The Morgan fingerprint density at radius 1 is 1.14 bits per heavy atom. The van der Waals surface area contributed by atoms with Crippen LogP contribution in [0.2, 0.25) is 0 Å². The Balaban J connectivity index is 2.38. The third-order valence-corrected chi connectivity index (χ3v) is 3.32. The summed E-state index contributed by atoms with van der Waals surface area (Å²) in [5, 5.41) is 10.5. The molecular weight excluding hydrogens is 276 g/mol. The number of carbonyl (C=O) groups is 1. The summed E-state index contributed by atoms with van der Waals surface area (Å²) >= 11 is 0. The minimum Gasteiger partial charge on any atom is -0.463 e. The number of esters is 1. The van der Waals surface area contributed by atoms with E-state index < -0.39 is 12.1 Å². The molecule has 0 spiro atoms. The van der Waals surface area contributed by atoms with Crippen LogP contribution in [0.4, 0.5) is 0 Å². The van der Waals surface area contributed by atoms with Crippen LogP contribution >= 0.6 is 0 Å². The van der Waals surface area contributed by atoms with Crippen molar-refractivity contribution in [2.45, 2.75) is 20.0 Å². The van der Waals surface area contributed by atoms with Gasteiger partial charge in [-0.2, -0.15) is 0 Å². The lowest BCUT2D eigenvalue weighted by molar-refractivity contribution is -0.139. The number of aryl methyl sites for hydroxylation is 1. The van der Waals surface area contributed by atoms with Crippen molar-refractivity contribution in [3.63, 3.8) is 0 Å². The molecule has 2 rings (SSSR count). The Labute approximate surface area is 130 Å². The van der Waals surface area contributed by atoms with Gasteiger partial charge in [-0.3, -0.25) is 0 Å². The molecule has 0 aliphatic carbocycles. The molecule has 0 saturated heterocycles. The summed E-state index contributed by atoms with van der Waals surface area (Å²) in [6.07, 6.45) is 0.663. The van der Waals surface area contributed by atoms with Crippen LogP contribution < -0.4 is 0 Å². The monoisotopic (exact) mass is 296 g/mol. The van der Waals surface area contributed by atoms with Crippen molar-refractivity contribution in [3.05, 3.63) is 76.9 Å². The average molecular weight is 296 g/mol. The smallest absolute Gasteiger partial charge is 0.337 e. The van der Waals surface area contributed by atoms with Crippen LogP contribution in [0.15, 0.2) is 60.2 Å². The predicted octanol–water partition coefficient (Wildman–Crippen LogP) is 3.68. The molecule has 0 bridgehead atoms. The van der Waals surface area contributed by atoms with Gasteiger partial charge in [-0.15, -0.1) is 0 Å². The summed E-state index contributed by atoms with van der Waals surface area (Å²) in [6.45, 7) is 4.01. The zero-order valence-corrected chi connectivity index (χ0v) is 12.8. The first-order chi connectivity index (χ1) is 10.6. The molecule has 1 N–H and O–H groups in total. The van der Waals surface area contributed by atoms with E-state index in [9.17, 15) is 9.90 Å². The van der Waals surface area contributed by atoms with E-state index in [0.29, 0.717) is 5.56 Å². The number of aliphatic hydroxyl groups excluding tert-OH is 1. The van der Waals surface area contributed by atoms with Gasteiger partial charge in [0, 0.05) is 0 Å². The van der Waals surface area contributed by atoms with E-state index in [2.05, 4.69) is 0 Å². The maximum atomic E-state index is 12.2. The lowest BCUT2D eigenvalue weighted by atomic mass is 9.99. The average Bonchev–Trinajstić information content (AvgIpc) is 2.54. The molecule has 1 unspecified atom stereocenters. The van der Waals surface area contributed by atoms with Gasteiger partial charge in [0.15, 0.2) is 0 Å². The molecule has 0 heterocycles. The normalized spacial score (nSPS) is 12.8. The molecule has 0 fully saturated rings. The number of aliphatic hydroxyl groups is 1. The second kappa shape index (κ2) is 7.57. The largest absolute Gasteiger partial charge is 0.463 e. The van der Waals surface area contributed by atoms with E-state index >= 15 is 0 Å². The van der Waals surface area contributed by atoms with Gasteiger partial charge in [0.05, 0.1) is 12.2 Å². The standard InChI is InChI=1S/C19H20O3/c1-3-22-19(21)17(13-15-11-9-14(2)10-12-15)18(20)16-7-5-4-6-8-16/h4-13,18,20H,3H2,1-2H3/b17-13+. The first kappa shape index (κ1) is 16.0. The van der Waals surface area contributed by atoms with Crippen molar-refractivity contribution in [1.82, 2.24) is 0 Å². The minimum atomic E-state index is -1.01. The SMILES string of the molecule is CCOC(=O)/C(=C/c1ccc(C)cc1)C(O)c1ccccc1. The summed E-state index contributed by atoms with van der Waals surface area (Å²) in [5.74, 6) is -0.501. The molecule has 22 heavy (non-hydrogen) atoms. The lowest BCUT2D eigenvalue weighted by Gasteiger charge is -2.14. The minimum absolute atomic E-state index is 0.233. The molecule has 0 aliphatic heterocycles. The van der Waals surface area contributed by atoms with E-state index in [0.717, 1.165) is 11.1 Å². The highest BCUT2D eigenvalue weighted by Crippen LogP contribution is 2.25. The number of ether oxygens (including phenoxy) is 1.